The molecule has 0 bridgehead atoms. The Bertz CT molecular complexity index is 657. The van der Waals surface area contributed by atoms with E-state index in [-0.39, 0.29) is 6.04 Å². The molecule has 0 unspecified atom stereocenters. The summed E-state index contributed by atoms with van der Waals surface area (Å²) in [5.74, 6) is 2.21. The number of hydrogen-bond acceptors (Lipinski definition) is 5. The van der Waals surface area contributed by atoms with Gasteiger partial charge in [0.15, 0.2) is 5.82 Å². The average molecular weight is 308 g/mol. The van der Waals surface area contributed by atoms with Crippen LogP contribution in [-0.2, 0) is 4.74 Å². The fourth-order valence-electron chi connectivity index (χ4n) is 2.46. The van der Waals surface area contributed by atoms with Gasteiger partial charge in [0.05, 0.1) is 24.9 Å². The van der Waals surface area contributed by atoms with E-state index in [4.69, 9.17) is 16.3 Å². The predicted octanol–water partition coefficient (Wildman–Crippen LogP) is 2.16. The zero-order chi connectivity index (χ0) is 15.0. The summed E-state index contributed by atoms with van der Waals surface area (Å²) >= 11 is 6.43. The molecule has 0 amide bonds. The van der Waals surface area contributed by atoms with Crippen molar-refractivity contribution in [3.05, 3.63) is 28.9 Å². The standard InChI is InChI=1S/C14H18ClN5O/c1-9-8-21-7-6-19(9)13-12(15)10(2)17-14(18-13)20-5-4-16-11(20)3/h4-5,9H,6-8H2,1-3H3/t9-/m1/s1. The summed E-state index contributed by atoms with van der Waals surface area (Å²) in [6, 6.07) is 0.238. The third kappa shape index (κ3) is 2.61. The summed E-state index contributed by atoms with van der Waals surface area (Å²) < 4.78 is 7.34. The Kier molecular flexibility index (Phi) is 3.82. The van der Waals surface area contributed by atoms with Crippen molar-refractivity contribution in [2.45, 2.75) is 26.8 Å². The van der Waals surface area contributed by atoms with E-state index in [1.54, 1.807) is 6.20 Å². The summed E-state index contributed by atoms with van der Waals surface area (Å²) in [5, 5.41) is 0.602. The van der Waals surface area contributed by atoms with Gasteiger partial charge in [-0.1, -0.05) is 11.6 Å². The number of morpholine rings is 1. The third-order valence-electron chi connectivity index (χ3n) is 3.67. The lowest BCUT2D eigenvalue weighted by molar-refractivity contribution is 0.0985. The molecule has 0 aliphatic carbocycles. The number of rotatable bonds is 2. The Morgan fingerprint density at radius 3 is 2.81 bits per heavy atom. The van der Waals surface area contributed by atoms with Crippen LogP contribution in [0.25, 0.3) is 5.95 Å². The summed E-state index contributed by atoms with van der Waals surface area (Å²) in [7, 11) is 0. The van der Waals surface area contributed by atoms with Crippen molar-refractivity contribution < 1.29 is 4.74 Å². The molecule has 0 radical (unpaired) electrons. The van der Waals surface area contributed by atoms with Gasteiger partial charge < -0.3 is 9.64 Å². The highest BCUT2D eigenvalue weighted by molar-refractivity contribution is 6.33. The Balaban J connectivity index is 2.08. The van der Waals surface area contributed by atoms with Crippen molar-refractivity contribution in [3.8, 4) is 5.95 Å². The third-order valence-corrected chi connectivity index (χ3v) is 4.11. The highest BCUT2D eigenvalue weighted by Crippen LogP contribution is 2.29. The fourth-order valence-corrected chi connectivity index (χ4v) is 2.65. The van der Waals surface area contributed by atoms with Crippen LogP contribution in [-0.4, -0.2) is 45.3 Å². The fraction of sp³-hybridized carbons (Fsp3) is 0.500. The Labute approximate surface area is 128 Å². The average Bonchev–Trinajstić information content (AvgIpc) is 2.89. The zero-order valence-corrected chi connectivity index (χ0v) is 13.1. The van der Waals surface area contributed by atoms with Crippen LogP contribution in [0.15, 0.2) is 12.4 Å². The van der Waals surface area contributed by atoms with Gasteiger partial charge in [0.2, 0.25) is 5.95 Å². The highest BCUT2D eigenvalue weighted by Gasteiger charge is 2.24. The van der Waals surface area contributed by atoms with Gasteiger partial charge >= 0.3 is 0 Å². The minimum Gasteiger partial charge on any atom is -0.377 e. The number of hydrogen-bond donors (Lipinski definition) is 0. The van der Waals surface area contributed by atoms with Crippen molar-refractivity contribution in [2.75, 3.05) is 24.7 Å². The number of halogens is 1. The first-order valence-corrected chi connectivity index (χ1v) is 7.34. The number of nitrogens with zero attached hydrogens (tertiary/aromatic N) is 5. The van der Waals surface area contributed by atoms with Gasteiger partial charge in [0, 0.05) is 18.9 Å². The van der Waals surface area contributed by atoms with Crippen molar-refractivity contribution in [1.82, 2.24) is 19.5 Å². The summed E-state index contributed by atoms with van der Waals surface area (Å²) in [6.07, 6.45) is 3.59. The second kappa shape index (κ2) is 5.61. The molecule has 2 aromatic heterocycles. The molecule has 21 heavy (non-hydrogen) atoms. The predicted molar refractivity (Wildman–Crippen MR) is 81.3 cm³/mol. The molecular weight excluding hydrogens is 290 g/mol. The Hall–Kier alpha value is -1.66. The van der Waals surface area contributed by atoms with Crippen LogP contribution in [0.2, 0.25) is 5.02 Å². The van der Waals surface area contributed by atoms with Crippen LogP contribution >= 0.6 is 11.6 Å². The maximum atomic E-state index is 6.43. The monoisotopic (exact) mass is 307 g/mol. The zero-order valence-electron chi connectivity index (χ0n) is 12.4. The first kappa shape index (κ1) is 14.3. The molecule has 3 rings (SSSR count). The van der Waals surface area contributed by atoms with Crippen LogP contribution in [0.4, 0.5) is 5.82 Å². The lowest BCUT2D eigenvalue weighted by Crippen LogP contribution is -2.44. The second-order valence-corrected chi connectivity index (χ2v) is 5.59. The van der Waals surface area contributed by atoms with Gasteiger partial charge in [-0.3, -0.25) is 4.57 Å². The molecule has 1 saturated heterocycles. The van der Waals surface area contributed by atoms with E-state index < -0.39 is 0 Å². The summed E-state index contributed by atoms with van der Waals surface area (Å²) in [5.41, 5.74) is 0.767. The largest absolute Gasteiger partial charge is 0.377 e. The van der Waals surface area contributed by atoms with Gasteiger partial charge in [-0.25, -0.2) is 9.97 Å². The van der Waals surface area contributed by atoms with Gasteiger partial charge in [-0.2, -0.15) is 4.98 Å². The first-order valence-electron chi connectivity index (χ1n) is 6.96. The molecule has 1 aliphatic rings. The van der Waals surface area contributed by atoms with E-state index >= 15 is 0 Å². The van der Waals surface area contributed by atoms with Crippen LogP contribution in [0.5, 0.6) is 0 Å². The van der Waals surface area contributed by atoms with E-state index in [2.05, 4.69) is 26.8 Å². The maximum absolute atomic E-state index is 6.43. The minimum absolute atomic E-state index is 0.238. The van der Waals surface area contributed by atoms with Crippen molar-refractivity contribution in [3.63, 3.8) is 0 Å². The van der Waals surface area contributed by atoms with E-state index in [0.29, 0.717) is 24.2 Å². The van der Waals surface area contributed by atoms with Gasteiger partial charge in [0.25, 0.3) is 0 Å². The second-order valence-electron chi connectivity index (χ2n) is 5.21. The lowest BCUT2D eigenvalue weighted by atomic mass is 10.2. The van der Waals surface area contributed by atoms with Crippen molar-refractivity contribution in [2.24, 2.45) is 0 Å². The molecule has 3 heterocycles. The van der Waals surface area contributed by atoms with Crippen LogP contribution in [0.1, 0.15) is 18.4 Å². The van der Waals surface area contributed by atoms with Crippen LogP contribution in [0.3, 0.4) is 0 Å². The maximum Gasteiger partial charge on any atom is 0.237 e. The van der Waals surface area contributed by atoms with Crippen LogP contribution < -0.4 is 4.90 Å². The van der Waals surface area contributed by atoms with E-state index in [9.17, 15) is 0 Å². The van der Waals surface area contributed by atoms with Crippen molar-refractivity contribution >= 4 is 17.4 Å². The van der Waals surface area contributed by atoms with Crippen LogP contribution in [0, 0.1) is 13.8 Å². The number of anilines is 1. The topological polar surface area (TPSA) is 56.1 Å². The first-order chi connectivity index (χ1) is 10.1. The molecule has 112 valence electrons. The number of ether oxygens (including phenoxy) is 1. The molecule has 1 aliphatic heterocycles. The molecule has 1 atom stereocenters. The molecule has 6 nitrogen and oxygen atoms in total. The molecule has 0 spiro atoms. The Morgan fingerprint density at radius 1 is 1.33 bits per heavy atom. The summed E-state index contributed by atoms with van der Waals surface area (Å²) in [6.45, 7) is 8.06. The molecule has 7 heteroatoms. The Morgan fingerprint density at radius 2 is 2.14 bits per heavy atom. The molecule has 0 aromatic carbocycles. The van der Waals surface area contributed by atoms with E-state index in [1.807, 2.05) is 24.6 Å². The summed E-state index contributed by atoms with van der Waals surface area (Å²) in [4.78, 5) is 15.5. The van der Waals surface area contributed by atoms with Gasteiger partial charge in [-0.15, -0.1) is 0 Å². The molecule has 0 saturated carbocycles. The number of imidazole rings is 1. The smallest absolute Gasteiger partial charge is 0.237 e. The molecular formula is C14H18ClN5O. The van der Waals surface area contributed by atoms with E-state index in [0.717, 1.165) is 23.9 Å². The SMILES string of the molecule is Cc1nc(-n2ccnc2C)nc(N2CCOC[C@H]2C)c1Cl. The molecule has 2 aromatic rings. The van der Waals surface area contributed by atoms with Gasteiger partial charge in [-0.05, 0) is 20.8 Å². The number of aromatic nitrogens is 4. The molecule has 1 fully saturated rings. The lowest BCUT2D eigenvalue weighted by Gasteiger charge is -2.35. The minimum atomic E-state index is 0.238. The number of aryl methyl sites for hydroxylation is 2. The van der Waals surface area contributed by atoms with Gasteiger partial charge in [0.1, 0.15) is 10.8 Å². The molecule has 0 N–H and O–H groups in total. The quantitative estimate of drug-likeness (QED) is 0.851. The van der Waals surface area contributed by atoms with Crippen molar-refractivity contribution in [1.29, 1.82) is 0 Å². The van der Waals surface area contributed by atoms with E-state index in [1.165, 1.54) is 0 Å². The normalized spacial score (nSPS) is 19.0. The highest BCUT2D eigenvalue weighted by atomic mass is 35.5.